The first kappa shape index (κ1) is 58.3. The summed E-state index contributed by atoms with van der Waals surface area (Å²) in [4.78, 5) is 43.7. The summed E-state index contributed by atoms with van der Waals surface area (Å²) >= 11 is 21.9. The number of nitrogens with one attached hydrogen (secondary N) is 2. The van der Waals surface area contributed by atoms with Crippen molar-refractivity contribution in [1.29, 1.82) is 0 Å². The molecule has 10 aromatic rings. The molecule has 0 bridgehead atoms. The van der Waals surface area contributed by atoms with Crippen LogP contribution in [0, 0.1) is 17.5 Å². The summed E-state index contributed by atoms with van der Waals surface area (Å²) in [6, 6.07) is 20.0. The Morgan fingerprint density at radius 2 is 1.01 bits per heavy atom. The molecule has 0 unspecified atom stereocenters. The number of nitrogens with zero attached hydrogens (tertiary/aromatic N) is 12. The van der Waals surface area contributed by atoms with E-state index in [1.165, 1.54) is 79.3 Å². The van der Waals surface area contributed by atoms with Crippen LogP contribution < -0.4 is 36.3 Å². The lowest BCUT2D eigenvalue weighted by Gasteiger charge is -2.13. The second kappa shape index (κ2) is 26.8. The molecule has 410 valence electrons. The number of carbonyl (C=O) groups is 1. The number of urea groups is 1. The molecule has 0 spiro atoms. The van der Waals surface area contributed by atoms with Gasteiger partial charge in [-0.05, 0) is 83.9 Å². The van der Waals surface area contributed by atoms with Crippen molar-refractivity contribution in [2.24, 2.45) is 14.1 Å². The van der Waals surface area contributed by atoms with Gasteiger partial charge in [0.05, 0.1) is 51.2 Å². The predicted molar refractivity (Wildman–Crippen MR) is 285 cm³/mol. The minimum atomic E-state index is -4.70. The molecule has 0 atom stereocenters. The monoisotopic (exact) mass is 1180 g/mol. The molecule has 6 aromatic heterocycles. The molecule has 30 heteroatoms. The van der Waals surface area contributed by atoms with E-state index < -0.39 is 40.2 Å². The zero-order valence-corrected chi connectivity index (χ0v) is 43.8. The first-order chi connectivity index (χ1) is 38.1. The quantitative estimate of drug-likeness (QED) is 0.0429. The summed E-state index contributed by atoms with van der Waals surface area (Å²) in [5.41, 5.74) is 10.8. The third-order valence-corrected chi connectivity index (χ3v) is 10.6. The average Bonchev–Trinajstić information content (AvgIpc) is 4.06. The molecule has 6 N–H and O–H groups in total. The topological polar surface area (TPSA) is 260 Å². The number of amides is 2. The van der Waals surface area contributed by atoms with E-state index in [0.29, 0.717) is 45.8 Å². The first-order valence-corrected chi connectivity index (χ1v) is 23.8. The van der Waals surface area contributed by atoms with Gasteiger partial charge in [0.15, 0.2) is 11.6 Å². The molecule has 0 radical (unpaired) electrons. The molecule has 4 aromatic carbocycles. The van der Waals surface area contributed by atoms with Crippen molar-refractivity contribution in [2.45, 2.75) is 6.18 Å². The van der Waals surface area contributed by atoms with E-state index in [0.717, 1.165) is 17.7 Å². The molecule has 20 nitrogen and oxygen atoms in total. The van der Waals surface area contributed by atoms with Crippen molar-refractivity contribution in [3.63, 3.8) is 0 Å². The Morgan fingerprint density at radius 3 is 1.44 bits per heavy atom. The van der Waals surface area contributed by atoms with Gasteiger partial charge in [-0.2, -0.15) is 38.3 Å². The van der Waals surface area contributed by atoms with Crippen LogP contribution in [0.5, 0.6) is 34.9 Å². The normalized spacial score (nSPS) is 10.7. The van der Waals surface area contributed by atoms with Crippen LogP contribution in [0.25, 0.3) is 22.8 Å². The van der Waals surface area contributed by atoms with Gasteiger partial charge in [0.1, 0.15) is 39.9 Å². The van der Waals surface area contributed by atoms with Gasteiger partial charge >= 0.3 is 12.2 Å². The van der Waals surface area contributed by atoms with Gasteiger partial charge in [-0.25, -0.2) is 42.9 Å². The lowest BCUT2D eigenvalue weighted by Crippen LogP contribution is -2.20. The molecule has 0 aliphatic heterocycles. The second-order valence-electron chi connectivity index (χ2n) is 15.6. The Morgan fingerprint density at radius 1 is 0.550 bits per heavy atom. The van der Waals surface area contributed by atoms with Crippen molar-refractivity contribution < 1.29 is 45.3 Å². The van der Waals surface area contributed by atoms with Crippen LogP contribution in [0.15, 0.2) is 147 Å². The smallest absolute Gasteiger partial charge is 0.417 e. The van der Waals surface area contributed by atoms with Gasteiger partial charge in [-0.3, -0.25) is 9.36 Å². The Balaban J connectivity index is 0.000000173. The summed E-state index contributed by atoms with van der Waals surface area (Å²) in [6.07, 6.45) is 8.03. The number of hydrogen-bond donors (Lipinski definition) is 4. The zero-order chi connectivity index (χ0) is 57.5. The minimum Gasteiger partial charge on any atom is -0.439 e. The summed E-state index contributed by atoms with van der Waals surface area (Å²) in [5, 5.41) is 12.6. The van der Waals surface area contributed by atoms with Crippen molar-refractivity contribution in [2.75, 3.05) is 22.1 Å². The number of aryl methyl sites for hydroxylation is 2. The summed E-state index contributed by atoms with van der Waals surface area (Å²) < 4.78 is 99.6. The van der Waals surface area contributed by atoms with E-state index in [2.05, 4.69) is 60.7 Å². The maximum Gasteiger partial charge on any atom is 0.417 e. The Bertz CT molecular complexity index is 3750. The number of ether oxygens (including phenoxy) is 3. The van der Waals surface area contributed by atoms with Crippen LogP contribution in [0.4, 0.5) is 53.9 Å². The standard InChI is InChI=1S/C22H15ClF4N6O2.C14H12FN5O.C10H7ClFN3O.C4H2Cl2N2/c1-33-11-12(10-29-33)20-28-7-6-19(32-20)35-14-3-5-18(17(24)9-14)31-21(34)30-13-2-4-16(23)15(8-13)22(25,26)27;1-20-8-9(7-18-20)14-17-5-4-13(19-14)21-10-2-3-12(16)11(15)6-10;11-10-14-4-3-9(15-10)16-6-1-2-8(13)7(12)5-6;5-3-1-2-7-4(6)8-3/h2-11H,1H3,(H2,30,31,34);2-8H,16H2,1H3;1-5H,13H2;1-2H. The maximum absolute atomic E-state index is 14.5. The van der Waals surface area contributed by atoms with Gasteiger partial charge in [-0.15, -0.1) is 0 Å². The Kier molecular flexibility index (Phi) is 19.5. The van der Waals surface area contributed by atoms with Crippen molar-refractivity contribution in [1.82, 2.24) is 59.4 Å². The largest absolute Gasteiger partial charge is 0.439 e. The highest BCUT2D eigenvalue weighted by Gasteiger charge is 2.33. The molecule has 80 heavy (non-hydrogen) atoms. The van der Waals surface area contributed by atoms with E-state index in [4.69, 9.17) is 72.1 Å². The van der Waals surface area contributed by atoms with Gasteiger partial charge in [0.2, 0.25) is 28.2 Å². The predicted octanol–water partition coefficient (Wildman–Crippen LogP) is 12.9. The SMILES string of the molecule is Clc1ccnc(Cl)n1.Cn1cc(-c2nccc(Oc3ccc(N)c(F)c3)n2)cn1.Cn1cc(-c2nccc(Oc3ccc(NC(=O)Nc4ccc(Cl)c(C(F)(F)F)c4)c(F)c3)n2)cn1.Nc1ccc(Oc2ccnc(Cl)n2)cc1F. The number of aromatic nitrogens is 12. The lowest BCUT2D eigenvalue weighted by molar-refractivity contribution is -0.137. The third kappa shape index (κ3) is 17.3. The molecule has 0 aliphatic rings. The number of rotatable bonds is 10. The van der Waals surface area contributed by atoms with E-state index in [1.807, 2.05) is 0 Å². The van der Waals surface area contributed by atoms with E-state index in [1.54, 1.807) is 72.6 Å². The van der Waals surface area contributed by atoms with Crippen molar-refractivity contribution in [3.05, 3.63) is 190 Å². The molecule has 10 rings (SSSR count). The number of benzene rings is 4. The third-order valence-electron chi connectivity index (χ3n) is 9.71. The van der Waals surface area contributed by atoms with Crippen LogP contribution in [0.3, 0.4) is 0 Å². The van der Waals surface area contributed by atoms with E-state index >= 15 is 0 Å². The number of nitrogen functional groups attached to an aromatic ring is 2. The number of hydrogen-bond acceptors (Lipinski definition) is 16. The van der Waals surface area contributed by atoms with Gasteiger partial charge < -0.3 is 36.3 Å². The number of halogens is 10. The van der Waals surface area contributed by atoms with Crippen LogP contribution in [0.1, 0.15) is 5.56 Å². The fourth-order valence-corrected chi connectivity index (χ4v) is 6.80. The second-order valence-corrected chi connectivity index (χ2v) is 17.1. The molecule has 0 saturated heterocycles. The molecular weight excluding hydrogens is 1140 g/mol. The summed E-state index contributed by atoms with van der Waals surface area (Å²) in [6.45, 7) is 0. The number of nitrogens with two attached hydrogens (primary N) is 2. The fourth-order valence-electron chi connectivity index (χ4n) is 6.11. The highest BCUT2D eigenvalue weighted by atomic mass is 35.5. The number of alkyl halides is 3. The highest BCUT2D eigenvalue weighted by molar-refractivity contribution is 6.32. The average molecular weight is 1180 g/mol. The highest BCUT2D eigenvalue weighted by Crippen LogP contribution is 2.36. The molecule has 0 aliphatic carbocycles. The van der Waals surface area contributed by atoms with Crippen LogP contribution in [-0.4, -0.2) is 65.5 Å². The Labute approximate surface area is 468 Å². The number of anilines is 4. The van der Waals surface area contributed by atoms with Crippen molar-refractivity contribution in [3.8, 4) is 57.7 Å². The Hall–Kier alpha value is -9.37. The van der Waals surface area contributed by atoms with Gasteiger partial charge in [0.25, 0.3) is 0 Å². The summed E-state index contributed by atoms with van der Waals surface area (Å²) in [7, 11) is 3.55. The molecule has 0 saturated carbocycles. The van der Waals surface area contributed by atoms with E-state index in [-0.39, 0.29) is 50.8 Å². The van der Waals surface area contributed by atoms with Crippen LogP contribution >= 0.6 is 46.4 Å². The molecular formula is C50H36Cl4F6N16O4. The first-order valence-electron chi connectivity index (χ1n) is 22.3. The summed E-state index contributed by atoms with van der Waals surface area (Å²) in [5.74, 6) is 0.337. The van der Waals surface area contributed by atoms with Crippen LogP contribution in [-0.2, 0) is 20.3 Å². The van der Waals surface area contributed by atoms with Gasteiger partial charge in [0, 0.05) is 93.4 Å². The molecule has 0 fully saturated rings. The maximum atomic E-state index is 14.5. The fraction of sp³-hybridized carbons (Fsp3) is 0.0600. The van der Waals surface area contributed by atoms with Crippen molar-refractivity contribution >= 4 is 75.2 Å². The number of carbonyl (C=O) groups excluding carboxylic acids is 1. The van der Waals surface area contributed by atoms with Gasteiger partial charge in [-0.1, -0.05) is 23.2 Å². The molecule has 2 amide bonds. The minimum absolute atomic E-state index is 0.0630. The van der Waals surface area contributed by atoms with Crippen LogP contribution in [0.2, 0.25) is 20.7 Å². The lowest BCUT2D eigenvalue weighted by atomic mass is 10.2. The van der Waals surface area contributed by atoms with E-state index in [9.17, 15) is 31.1 Å². The molecule has 6 heterocycles. The zero-order valence-electron chi connectivity index (χ0n) is 40.8.